The summed E-state index contributed by atoms with van der Waals surface area (Å²) in [6.07, 6.45) is 1.85. The average Bonchev–Trinajstić information content (AvgIpc) is 3.25. The molecule has 1 amide bonds. The fourth-order valence-electron chi connectivity index (χ4n) is 6.63. The first-order valence-electron chi connectivity index (χ1n) is 12.8. The highest BCUT2D eigenvalue weighted by atomic mass is 35.5. The summed E-state index contributed by atoms with van der Waals surface area (Å²) in [5, 5.41) is 12.5. The van der Waals surface area contributed by atoms with Crippen molar-refractivity contribution in [1.29, 1.82) is 0 Å². The smallest absolute Gasteiger partial charge is 0.263 e. The van der Waals surface area contributed by atoms with Crippen LogP contribution in [0.2, 0.25) is 5.02 Å². The van der Waals surface area contributed by atoms with Crippen LogP contribution in [-0.2, 0) is 21.2 Å². The minimum atomic E-state index is -3.79. The second-order valence-corrected chi connectivity index (χ2v) is 15.4. The van der Waals surface area contributed by atoms with Gasteiger partial charge in [-0.15, -0.1) is 11.3 Å². The summed E-state index contributed by atoms with van der Waals surface area (Å²) in [6.45, 7) is 7.85. The number of nitrogens with one attached hydrogen (secondary N) is 1. The van der Waals surface area contributed by atoms with Gasteiger partial charge >= 0.3 is 0 Å². The van der Waals surface area contributed by atoms with Crippen LogP contribution in [0.3, 0.4) is 0 Å². The van der Waals surface area contributed by atoms with Gasteiger partial charge in [0.1, 0.15) is 0 Å². The number of hydrogen-bond donors (Lipinski definition) is 2. The molecule has 1 aliphatic heterocycles. The molecule has 0 unspecified atom stereocenters. The largest absolute Gasteiger partial charge is 0.392 e. The van der Waals surface area contributed by atoms with Crippen LogP contribution in [-0.4, -0.2) is 60.0 Å². The first-order valence-corrected chi connectivity index (χ1v) is 16.7. The molecule has 11 heteroatoms. The molecule has 2 N–H and O–H groups in total. The molecule has 1 aromatic carbocycles. The molecule has 2 heterocycles. The van der Waals surface area contributed by atoms with E-state index in [0.29, 0.717) is 10.2 Å². The van der Waals surface area contributed by atoms with E-state index in [1.807, 2.05) is 23.6 Å². The van der Waals surface area contributed by atoms with E-state index in [0.717, 1.165) is 54.4 Å². The Morgan fingerprint density at radius 1 is 1.27 bits per heavy atom. The standard InChI is InChI=1S/C26H34ClN3O4S3/c1-15(24(32)30-10-12-35-13-11-30)19-8-9-26(3)14-20-22(16(2)21(26)23(19)31)28-25(36-20)29-37(33,34)18-6-4-17(27)5-7-18/h4-7,15-16,19,21,23,31H,8-14H2,1-3H3,(H,28,29)/t15-,16-,19-,21+,23-,26+/m0/s1. The Bertz CT molecular complexity index is 1260. The number of carbonyl (C=O) groups excluding carboxylic acids is 1. The lowest BCUT2D eigenvalue weighted by Gasteiger charge is -2.53. The average molecular weight is 584 g/mol. The Balaban J connectivity index is 1.36. The van der Waals surface area contributed by atoms with Crippen LogP contribution in [0.1, 0.15) is 50.1 Å². The molecule has 0 bridgehead atoms. The number of thiazole rings is 1. The van der Waals surface area contributed by atoms with E-state index < -0.39 is 16.1 Å². The predicted molar refractivity (Wildman–Crippen MR) is 150 cm³/mol. The maximum atomic E-state index is 13.3. The van der Waals surface area contributed by atoms with Crippen molar-refractivity contribution in [3.05, 3.63) is 39.9 Å². The molecular weight excluding hydrogens is 550 g/mol. The third kappa shape index (κ3) is 5.16. The highest BCUT2D eigenvalue weighted by molar-refractivity contribution is 7.99. The minimum Gasteiger partial charge on any atom is -0.392 e. The van der Waals surface area contributed by atoms with Gasteiger partial charge in [-0.2, -0.15) is 11.8 Å². The number of anilines is 1. The molecule has 0 radical (unpaired) electrons. The fourth-order valence-corrected chi connectivity index (χ4v) is 10.2. The highest BCUT2D eigenvalue weighted by Crippen LogP contribution is 2.57. The number of thioether (sulfide) groups is 1. The Hall–Kier alpha value is -1.33. The van der Waals surface area contributed by atoms with Crippen LogP contribution in [0.25, 0.3) is 0 Å². The normalized spacial score (nSPS) is 30.8. The van der Waals surface area contributed by atoms with E-state index in [4.69, 9.17) is 16.6 Å². The molecule has 37 heavy (non-hydrogen) atoms. The molecule has 5 rings (SSSR count). The van der Waals surface area contributed by atoms with Crippen molar-refractivity contribution >= 4 is 55.8 Å². The minimum absolute atomic E-state index is 0.0475. The van der Waals surface area contributed by atoms with Gasteiger partial charge in [0.2, 0.25) is 5.91 Å². The predicted octanol–water partition coefficient (Wildman–Crippen LogP) is 4.86. The zero-order chi connectivity index (χ0) is 26.5. The SMILES string of the molecule is C[C@H](C(=O)N1CCSCC1)[C@@H]1CC[C@]2(C)Cc3sc(NS(=O)(=O)c4ccc(Cl)cc4)nc3[C@@H](C)[C@@H]2[C@H]1O. The lowest BCUT2D eigenvalue weighted by atomic mass is 9.53. The first-order chi connectivity index (χ1) is 17.5. The number of amides is 1. The lowest BCUT2D eigenvalue weighted by Crippen LogP contribution is -2.54. The zero-order valence-corrected chi connectivity index (χ0v) is 24.5. The number of aliphatic hydroxyl groups is 1. The van der Waals surface area contributed by atoms with Crippen molar-refractivity contribution in [3.8, 4) is 0 Å². The van der Waals surface area contributed by atoms with Crippen LogP contribution in [0.5, 0.6) is 0 Å². The number of aliphatic hydroxyl groups excluding tert-OH is 1. The number of halogens is 1. The summed E-state index contributed by atoms with van der Waals surface area (Å²) in [4.78, 5) is 21.1. The Labute approximate surface area is 232 Å². The van der Waals surface area contributed by atoms with Crippen LogP contribution < -0.4 is 4.72 Å². The van der Waals surface area contributed by atoms with Gasteiger partial charge in [-0.1, -0.05) is 32.4 Å². The maximum absolute atomic E-state index is 13.3. The fraction of sp³-hybridized carbons (Fsp3) is 0.615. The van der Waals surface area contributed by atoms with Crippen molar-refractivity contribution in [3.63, 3.8) is 0 Å². The number of nitrogens with zero attached hydrogens (tertiary/aromatic N) is 2. The van der Waals surface area contributed by atoms with Gasteiger partial charge in [-0.05, 0) is 60.8 Å². The number of carbonyl (C=O) groups is 1. The summed E-state index contributed by atoms with van der Waals surface area (Å²) >= 11 is 9.17. The van der Waals surface area contributed by atoms with Crippen molar-refractivity contribution in [2.75, 3.05) is 29.3 Å². The quantitative estimate of drug-likeness (QED) is 0.521. The third-order valence-corrected chi connectivity index (χ3v) is 12.3. The maximum Gasteiger partial charge on any atom is 0.263 e. The van der Waals surface area contributed by atoms with Gasteiger partial charge in [-0.3, -0.25) is 9.52 Å². The third-order valence-electron chi connectivity index (χ3n) is 8.62. The molecule has 1 saturated heterocycles. The summed E-state index contributed by atoms with van der Waals surface area (Å²) in [5.74, 6) is 1.68. The summed E-state index contributed by atoms with van der Waals surface area (Å²) < 4.78 is 28.5. The van der Waals surface area contributed by atoms with Crippen LogP contribution in [0.4, 0.5) is 5.13 Å². The summed E-state index contributed by atoms with van der Waals surface area (Å²) in [5.41, 5.74) is 0.721. The van der Waals surface area contributed by atoms with E-state index in [1.54, 1.807) is 12.1 Å². The van der Waals surface area contributed by atoms with Gasteiger partial charge < -0.3 is 10.0 Å². The number of rotatable bonds is 5. The van der Waals surface area contributed by atoms with E-state index >= 15 is 0 Å². The number of fused-ring (bicyclic) bond motifs is 2. The molecule has 2 fully saturated rings. The van der Waals surface area contributed by atoms with Crippen molar-refractivity contribution in [2.45, 2.75) is 57.0 Å². The van der Waals surface area contributed by atoms with Crippen molar-refractivity contribution in [2.24, 2.45) is 23.2 Å². The molecule has 2 aliphatic carbocycles. The van der Waals surface area contributed by atoms with Gasteiger partial charge in [0.25, 0.3) is 10.0 Å². The number of hydrogen-bond acceptors (Lipinski definition) is 7. The van der Waals surface area contributed by atoms with Crippen LogP contribution in [0, 0.1) is 23.2 Å². The second-order valence-electron chi connectivity index (χ2n) is 11.0. The highest BCUT2D eigenvalue weighted by Gasteiger charge is 2.54. The van der Waals surface area contributed by atoms with Crippen molar-refractivity contribution in [1.82, 2.24) is 9.88 Å². The van der Waals surface area contributed by atoms with E-state index in [9.17, 15) is 18.3 Å². The molecule has 7 nitrogen and oxygen atoms in total. The van der Waals surface area contributed by atoms with Gasteiger partial charge in [0, 0.05) is 46.3 Å². The molecule has 0 spiro atoms. The number of sulfonamides is 1. The number of aromatic nitrogens is 1. The summed E-state index contributed by atoms with van der Waals surface area (Å²) in [7, 11) is -3.79. The second kappa shape index (κ2) is 10.3. The van der Waals surface area contributed by atoms with Gasteiger partial charge in [0.15, 0.2) is 5.13 Å². The molecule has 3 aliphatic rings. The van der Waals surface area contributed by atoms with Gasteiger partial charge in [0.05, 0.1) is 16.7 Å². The zero-order valence-electron chi connectivity index (χ0n) is 21.3. The Kier molecular flexibility index (Phi) is 7.61. The lowest BCUT2D eigenvalue weighted by molar-refractivity contribution is -0.144. The molecule has 1 saturated carbocycles. The Morgan fingerprint density at radius 2 is 1.95 bits per heavy atom. The van der Waals surface area contributed by atoms with E-state index in [2.05, 4.69) is 18.6 Å². The molecule has 6 atom stereocenters. The van der Waals surface area contributed by atoms with E-state index in [1.165, 1.54) is 23.5 Å². The van der Waals surface area contributed by atoms with Crippen LogP contribution >= 0.6 is 34.7 Å². The molecular formula is C26H34ClN3O4S3. The topological polar surface area (TPSA) is 99.6 Å². The molecule has 2 aromatic rings. The molecule has 1 aromatic heterocycles. The monoisotopic (exact) mass is 583 g/mol. The van der Waals surface area contributed by atoms with Gasteiger partial charge in [-0.25, -0.2) is 13.4 Å². The Morgan fingerprint density at radius 3 is 2.62 bits per heavy atom. The van der Waals surface area contributed by atoms with Crippen LogP contribution in [0.15, 0.2) is 29.2 Å². The molecule has 202 valence electrons. The van der Waals surface area contributed by atoms with E-state index in [-0.39, 0.29) is 39.9 Å². The first kappa shape index (κ1) is 27.2. The summed E-state index contributed by atoms with van der Waals surface area (Å²) in [6, 6.07) is 6.03. The van der Waals surface area contributed by atoms with Crippen molar-refractivity contribution < 1.29 is 18.3 Å². The number of benzene rings is 1.